The standard InChI is InChI=1S/C14H16O.C13H15N/c1-11(15)12-7-9-14(10-8-12)13-5-3-2-4-6-13;1-3-5-11(2)8-12-6-4-7-13(9-12)10-14/h3,5-11,15H,2,4H2,1H3;3-4,6-7,9,11H,1,5,8H2,2H3. The Morgan fingerprint density at radius 1 is 1.14 bits per heavy atom. The fraction of sp³-hybridized carbons (Fsp3) is 0.296. The van der Waals surface area contributed by atoms with Crippen LogP contribution in [0.1, 0.15) is 61.5 Å². The van der Waals surface area contributed by atoms with E-state index in [1.165, 1.54) is 16.7 Å². The molecule has 0 aromatic heterocycles. The molecule has 2 aromatic carbocycles. The van der Waals surface area contributed by atoms with Crippen molar-refractivity contribution in [3.8, 4) is 6.07 Å². The van der Waals surface area contributed by atoms with E-state index in [4.69, 9.17) is 5.26 Å². The van der Waals surface area contributed by atoms with E-state index in [1.807, 2.05) is 36.4 Å². The maximum absolute atomic E-state index is 9.40. The van der Waals surface area contributed by atoms with Gasteiger partial charge in [-0.15, -0.1) is 6.58 Å². The Bertz CT molecular complexity index is 881. The van der Waals surface area contributed by atoms with Gasteiger partial charge in [-0.2, -0.15) is 5.26 Å². The molecule has 29 heavy (non-hydrogen) atoms. The summed E-state index contributed by atoms with van der Waals surface area (Å²) in [5, 5.41) is 18.1. The van der Waals surface area contributed by atoms with Crippen molar-refractivity contribution in [3.63, 3.8) is 0 Å². The van der Waals surface area contributed by atoms with Gasteiger partial charge in [-0.05, 0) is 72.9 Å². The van der Waals surface area contributed by atoms with Gasteiger partial charge < -0.3 is 5.11 Å². The van der Waals surface area contributed by atoms with E-state index >= 15 is 0 Å². The molecular weight excluding hydrogens is 354 g/mol. The fourth-order valence-electron chi connectivity index (χ4n) is 3.32. The van der Waals surface area contributed by atoms with E-state index in [0.29, 0.717) is 5.92 Å². The number of benzene rings is 2. The molecule has 0 heterocycles. The van der Waals surface area contributed by atoms with Gasteiger partial charge in [0.2, 0.25) is 0 Å². The zero-order chi connectivity index (χ0) is 21.1. The van der Waals surface area contributed by atoms with Crippen LogP contribution >= 0.6 is 0 Å². The molecule has 0 amide bonds. The summed E-state index contributed by atoms with van der Waals surface area (Å²) in [6.07, 6.45) is 12.5. The lowest BCUT2D eigenvalue weighted by molar-refractivity contribution is 0.199. The first-order valence-electron chi connectivity index (χ1n) is 10.3. The molecule has 1 aliphatic carbocycles. The molecule has 0 bridgehead atoms. The quantitative estimate of drug-likeness (QED) is 0.557. The molecule has 2 nitrogen and oxygen atoms in total. The normalized spacial score (nSPS) is 14.6. The van der Waals surface area contributed by atoms with Crippen LogP contribution in [0.4, 0.5) is 0 Å². The highest BCUT2D eigenvalue weighted by Gasteiger charge is 2.04. The highest BCUT2D eigenvalue weighted by molar-refractivity contribution is 5.74. The second-order valence-corrected chi connectivity index (χ2v) is 7.58. The van der Waals surface area contributed by atoms with Crippen molar-refractivity contribution in [2.45, 2.75) is 45.6 Å². The summed E-state index contributed by atoms with van der Waals surface area (Å²) in [5.74, 6) is 0.599. The first-order valence-corrected chi connectivity index (χ1v) is 10.3. The third-order valence-electron chi connectivity index (χ3n) is 4.93. The fourth-order valence-corrected chi connectivity index (χ4v) is 3.32. The number of hydrogen-bond acceptors (Lipinski definition) is 2. The van der Waals surface area contributed by atoms with Crippen LogP contribution in [0.25, 0.3) is 5.57 Å². The summed E-state index contributed by atoms with van der Waals surface area (Å²) >= 11 is 0. The molecule has 2 aromatic rings. The molecule has 2 heteroatoms. The number of allylic oxidation sites excluding steroid dienone is 5. The molecule has 2 unspecified atom stereocenters. The number of aliphatic hydroxyl groups excluding tert-OH is 1. The minimum atomic E-state index is -0.380. The molecule has 0 aliphatic heterocycles. The SMILES string of the molecule is C=CCC(C)Cc1cccc(C#N)c1.CC(O)c1ccc(C2=CCCC=C2)cc1. The van der Waals surface area contributed by atoms with Gasteiger partial charge in [0.25, 0.3) is 0 Å². The maximum atomic E-state index is 9.40. The van der Waals surface area contributed by atoms with E-state index in [-0.39, 0.29) is 6.10 Å². The lowest BCUT2D eigenvalue weighted by Crippen LogP contribution is -1.98. The van der Waals surface area contributed by atoms with Gasteiger partial charge in [-0.3, -0.25) is 0 Å². The molecule has 0 saturated heterocycles. The van der Waals surface area contributed by atoms with Crippen molar-refractivity contribution in [1.82, 2.24) is 0 Å². The topological polar surface area (TPSA) is 44.0 Å². The predicted molar refractivity (Wildman–Crippen MR) is 122 cm³/mol. The van der Waals surface area contributed by atoms with E-state index in [9.17, 15) is 5.11 Å². The number of aliphatic hydroxyl groups is 1. The lowest BCUT2D eigenvalue weighted by atomic mass is 9.97. The van der Waals surface area contributed by atoms with Gasteiger partial charge in [0.15, 0.2) is 0 Å². The van der Waals surface area contributed by atoms with E-state index in [1.54, 1.807) is 6.92 Å². The summed E-state index contributed by atoms with van der Waals surface area (Å²) in [5.41, 5.74) is 5.47. The third kappa shape index (κ3) is 7.56. The Hall–Kier alpha value is -2.89. The van der Waals surface area contributed by atoms with Crippen LogP contribution in [0.15, 0.2) is 79.4 Å². The van der Waals surface area contributed by atoms with Crippen LogP contribution in [0.5, 0.6) is 0 Å². The summed E-state index contributed by atoms with van der Waals surface area (Å²) in [7, 11) is 0. The van der Waals surface area contributed by atoms with Crippen molar-refractivity contribution in [1.29, 1.82) is 5.26 Å². The molecule has 0 fully saturated rings. The van der Waals surface area contributed by atoms with E-state index in [2.05, 4.69) is 56.0 Å². The van der Waals surface area contributed by atoms with E-state index in [0.717, 1.165) is 36.8 Å². The average Bonchev–Trinajstić information content (AvgIpc) is 2.75. The Morgan fingerprint density at radius 3 is 2.48 bits per heavy atom. The zero-order valence-corrected chi connectivity index (χ0v) is 17.5. The van der Waals surface area contributed by atoms with Crippen LogP contribution in [-0.4, -0.2) is 5.11 Å². The van der Waals surface area contributed by atoms with Gasteiger partial charge in [-0.1, -0.05) is 67.6 Å². The smallest absolute Gasteiger partial charge is 0.0991 e. The number of nitrogens with zero attached hydrogens (tertiary/aromatic N) is 1. The largest absolute Gasteiger partial charge is 0.389 e. The second-order valence-electron chi connectivity index (χ2n) is 7.58. The molecule has 1 aliphatic rings. The molecule has 0 saturated carbocycles. The van der Waals surface area contributed by atoms with E-state index < -0.39 is 0 Å². The van der Waals surface area contributed by atoms with Crippen LogP contribution in [-0.2, 0) is 6.42 Å². The van der Waals surface area contributed by atoms with Crippen molar-refractivity contribution in [2.24, 2.45) is 5.92 Å². The molecule has 150 valence electrons. The van der Waals surface area contributed by atoms with Crippen molar-refractivity contribution < 1.29 is 5.11 Å². The predicted octanol–water partition coefficient (Wildman–Crippen LogP) is 6.79. The first-order chi connectivity index (χ1) is 14.0. The summed E-state index contributed by atoms with van der Waals surface area (Å²) < 4.78 is 0. The zero-order valence-electron chi connectivity index (χ0n) is 17.5. The monoisotopic (exact) mass is 385 g/mol. The molecule has 0 radical (unpaired) electrons. The van der Waals surface area contributed by atoms with Crippen molar-refractivity contribution >= 4 is 5.57 Å². The van der Waals surface area contributed by atoms with Gasteiger partial charge in [0.05, 0.1) is 17.7 Å². The molecular formula is C27H31NO. The lowest BCUT2D eigenvalue weighted by Gasteiger charge is -2.09. The minimum Gasteiger partial charge on any atom is -0.389 e. The van der Waals surface area contributed by atoms with Gasteiger partial charge >= 0.3 is 0 Å². The Morgan fingerprint density at radius 2 is 1.90 bits per heavy atom. The van der Waals surface area contributed by atoms with Crippen LogP contribution in [0.3, 0.4) is 0 Å². The third-order valence-corrected chi connectivity index (χ3v) is 4.93. The summed E-state index contributed by atoms with van der Waals surface area (Å²) in [6.45, 7) is 7.71. The highest BCUT2D eigenvalue weighted by Crippen LogP contribution is 2.23. The summed E-state index contributed by atoms with van der Waals surface area (Å²) in [4.78, 5) is 0. The van der Waals surface area contributed by atoms with Crippen LogP contribution < -0.4 is 0 Å². The second kappa shape index (κ2) is 11.8. The van der Waals surface area contributed by atoms with Crippen LogP contribution in [0, 0.1) is 17.2 Å². The number of rotatable bonds is 6. The van der Waals surface area contributed by atoms with Gasteiger partial charge in [-0.25, -0.2) is 0 Å². The van der Waals surface area contributed by atoms with Crippen molar-refractivity contribution in [3.05, 3.63) is 102 Å². The summed E-state index contributed by atoms with van der Waals surface area (Å²) in [6, 6.07) is 18.1. The molecule has 0 spiro atoms. The number of nitriles is 1. The molecule has 2 atom stereocenters. The maximum Gasteiger partial charge on any atom is 0.0991 e. The highest BCUT2D eigenvalue weighted by atomic mass is 16.3. The minimum absolute atomic E-state index is 0.380. The Labute approximate surface area is 175 Å². The average molecular weight is 386 g/mol. The molecule has 3 rings (SSSR count). The Kier molecular flexibility index (Phi) is 9.15. The van der Waals surface area contributed by atoms with Crippen LogP contribution in [0.2, 0.25) is 0 Å². The first kappa shape index (κ1) is 22.4. The number of hydrogen-bond donors (Lipinski definition) is 1. The van der Waals surface area contributed by atoms with Gasteiger partial charge in [0, 0.05) is 0 Å². The van der Waals surface area contributed by atoms with Crippen molar-refractivity contribution in [2.75, 3.05) is 0 Å². The molecule has 1 N–H and O–H groups in total. The van der Waals surface area contributed by atoms with Gasteiger partial charge in [0.1, 0.15) is 0 Å². The Balaban J connectivity index is 0.000000208.